The number of nitrogens with zero attached hydrogens (tertiary/aromatic N) is 8. The molecule has 6 rings (SSSR count). The Morgan fingerprint density at radius 1 is 0.921 bits per heavy atom. The van der Waals surface area contributed by atoms with Crippen molar-refractivity contribution in [3.05, 3.63) is 77.1 Å². The van der Waals surface area contributed by atoms with Crippen molar-refractivity contribution in [3.63, 3.8) is 0 Å². The molecule has 0 spiro atoms. The van der Waals surface area contributed by atoms with E-state index in [0.29, 0.717) is 42.8 Å². The molecule has 0 saturated carbocycles. The molecule has 196 valence electrons. The first-order chi connectivity index (χ1) is 18.6. The Kier molecular flexibility index (Phi) is 6.67. The van der Waals surface area contributed by atoms with Crippen molar-refractivity contribution in [2.45, 2.75) is 38.3 Å². The third-order valence-corrected chi connectivity index (χ3v) is 7.74. The molecule has 38 heavy (non-hydrogen) atoms. The Morgan fingerprint density at radius 2 is 1.74 bits per heavy atom. The predicted octanol–water partition coefficient (Wildman–Crippen LogP) is 2.59. The summed E-state index contributed by atoms with van der Waals surface area (Å²) in [5.41, 5.74) is 1.98. The van der Waals surface area contributed by atoms with Gasteiger partial charge in [0.15, 0.2) is 5.82 Å². The van der Waals surface area contributed by atoms with Crippen molar-refractivity contribution < 1.29 is 9.18 Å². The number of hydrogen-bond donors (Lipinski definition) is 0. The van der Waals surface area contributed by atoms with Crippen LogP contribution in [0.25, 0.3) is 16.9 Å². The standard InChI is InChI=1S/C27H29FN8O2/c28-21-1-2-23-24(15-21)36(25-17-29-9-10-30-25)27(38)35(23)22-6-13-34(14-7-22)26(37)20-4-11-33(12-5-20)18-19-3-8-31-32-16-19/h1-3,8-10,15-17,20,22H,4-7,11-14,18H2. The fourth-order valence-corrected chi connectivity index (χ4v) is 5.78. The van der Waals surface area contributed by atoms with Crippen LogP contribution in [-0.2, 0) is 11.3 Å². The molecule has 2 aliphatic rings. The number of fused-ring (bicyclic) bond motifs is 1. The van der Waals surface area contributed by atoms with Gasteiger partial charge in [-0.2, -0.15) is 10.2 Å². The van der Waals surface area contributed by atoms with Crippen molar-refractivity contribution in [1.82, 2.24) is 39.1 Å². The van der Waals surface area contributed by atoms with Crippen molar-refractivity contribution in [2.75, 3.05) is 26.2 Å². The lowest BCUT2D eigenvalue weighted by molar-refractivity contribution is -0.138. The number of benzene rings is 1. The van der Waals surface area contributed by atoms with E-state index < -0.39 is 5.82 Å². The van der Waals surface area contributed by atoms with E-state index in [1.54, 1.807) is 23.0 Å². The molecule has 0 bridgehead atoms. The molecule has 11 heteroatoms. The minimum atomic E-state index is -0.420. The molecular formula is C27H29FN8O2. The average Bonchev–Trinajstić information content (AvgIpc) is 3.25. The van der Waals surface area contributed by atoms with Gasteiger partial charge in [0.05, 0.1) is 23.4 Å². The summed E-state index contributed by atoms with van der Waals surface area (Å²) >= 11 is 0. The number of imidazole rings is 1. The molecule has 2 fully saturated rings. The summed E-state index contributed by atoms with van der Waals surface area (Å²) in [7, 11) is 0. The average molecular weight is 517 g/mol. The van der Waals surface area contributed by atoms with Crippen LogP contribution in [0.1, 0.15) is 37.3 Å². The second-order valence-electron chi connectivity index (χ2n) is 10.0. The van der Waals surface area contributed by atoms with E-state index in [-0.39, 0.29) is 23.6 Å². The van der Waals surface area contributed by atoms with E-state index in [2.05, 4.69) is 25.1 Å². The first-order valence-corrected chi connectivity index (χ1v) is 13.0. The lowest BCUT2D eigenvalue weighted by Crippen LogP contribution is -2.46. The summed E-state index contributed by atoms with van der Waals surface area (Å²) in [6.07, 6.45) is 11.0. The van der Waals surface area contributed by atoms with Gasteiger partial charge in [-0.15, -0.1) is 0 Å². The third kappa shape index (κ3) is 4.69. The van der Waals surface area contributed by atoms with E-state index in [1.807, 2.05) is 11.0 Å². The van der Waals surface area contributed by atoms with Crippen LogP contribution >= 0.6 is 0 Å². The largest absolute Gasteiger partial charge is 0.342 e. The highest BCUT2D eigenvalue weighted by Gasteiger charge is 2.32. The second kappa shape index (κ2) is 10.4. The zero-order chi connectivity index (χ0) is 26.1. The topological polar surface area (TPSA) is 102 Å². The van der Waals surface area contributed by atoms with Gasteiger partial charge in [-0.1, -0.05) is 0 Å². The molecule has 2 saturated heterocycles. The molecule has 5 heterocycles. The molecule has 0 atom stereocenters. The fraction of sp³-hybridized carbons (Fsp3) is 0.407. The Balaban J connectivity index is 1.13. The van der Waals surface area contributed by atoms with Crippen LogP contribution in [0, 0.1) is 11.7 Å². The van der Waals surface area contributed by atoms with Crippen molar-refractivity contribution in [2.24, 2.45) is 5.92 Å². The number of carbonyl (C=O) groups excluding carboxylic acids is 1. The number of carbonyl (C=O) groups is 1. The van der Waals surface area contributed by atoms with Crippen molar-refractivity contribution in [1.29, 1.82) is 0 Å². The highest BCUT2D eigenvalue weighted by molar-refractivity contribution is 5.79. The van der Waals surface area contributed by atoms with Gasteiger partial charge in [-0.25, -0.2) is 18.7 Å². The third-order valence-electron chi connectivity index (χ3n) is 7.74. The minimum absolute atomic E-state index is 0.0302. The van der Waals surface area contributed by atoms with E-state index in [0.717, 1.165) is 38.0 Å². The Bertz CT molecular complexity index is 1470. The number of amides is 1. The van der Waals surface area contributed by atoms with Crippen molar-refractivity contribution >= 4 is 16.9 Å². The maximum absolute atomic E-state index is 14.2. The monoisotopic (exact) mass is 516 g/mol. The molecule has 1 amide bonds. The summed E-state index contributed by atoms with van der Waals surface area (Å²) in [4.78, 5) is 39.5. The Labute approximate surface area is 218 Å². The highest BCUT2D eigenvalue weighted by atomic mass is 19.1. The van der Waals surface area contributed by atoms with Gasteiger partial charge in [0.1, 0.15) is 5.82 Å². The van der Waals surface area contributed by atoms with Crippen LogP contribution in [0.3, 0.4) is 0 Å². The summed E-state index contributed by atoms with van der Waals surface area (Å²) in [6.45, 7) is 3.77. The zero-order valence-electron chi connectivity index (χ0n) is 21.0. The molecular weight excluding hydrogens is 487 g/mol. The van der Waals surface area contributed by atoms with Gasteiger partial charge in [-0.3, -0.25) is 19.2 Å². The quantitative estimate of drug-likeness (QED) is 0.402. The molecule has 0 unspecified atom stereocenters. The molecule has 1 aromatic carbocycles. The summed E-state index contributed by atoms with van der Waals surface area (Å²) in [5.74, 6) is 0.176. The van der Waals surface area contributed by atoms with Crippen molar-refractivity contribution in [3.8, 4) is 5.82 Å². The van der Waals surface area contributed by atoms with Gasteiger partial charge in [0, 0.05) is 56.3 Å². The maximum atomic E-state index is 14.2. The lowest BCUT2D eigenvalue weighted by Gasteiger charge is -2.37. The van der Waals surface area contributed by atoms with Gasteiger partial charge >= 0.3 is 5.69 Å². The second-order valence-corrected chi connectivity index (χ2v) is 10.0. The van der Waals surface area contributed by atoms with Crippen LogP contribution < -0.4 is 5.69 Å². The lowest BCUT2D eigenvalue weighted by atomic mass is 9.93. The molecule has 3 aromatic heterocycles. The van der Waals surface area contributed by atoms with E-state index in [9.17, 15) is 14.0 Å². The maximum Gasteiger partial charge on any atom is 0.335 e. The number of aromatic nitrogens is 6. The minimum Gasteiger partial charge on any atom is -0.342 e. The van der Waals surface area contributed by atoms with Gasteiger partial charge < -0.3 is 4.90 Å². The summed E-state index contributed by atoms with van der Waals surface area (Å²) < 4.78 is 17.3. The van der Waals surface area contributed by atoms with Crippen LogP contribution in [0.4, 0.5) is 4.39 Å². The molecule has 10 nitrogen and oxygen atoms in total. The molecule has 0 aliphatic carbocycles. The number of hydrogen-bond acceptors (Lipinski definition) is 7. The molecule has 4 aromatic rings. The number of likely N-dealkylation sites (tertiary alicyclic amines) is 2. The van der Waals surface area contributed by atoms with E-state index >= 15 is 0 Å². The number of halogens is 1. The van der Waals surface area contributed by atoms with E-state index in [1.165, 1.54) is 35.3 Å². The first-order valence-electron chi connectivity index (χ1n) is 13.0. The first kappa shape index (κ1) is 24.4. The molecule has 0 radical (unpaired) electrons. The number of piperidine rings is 2. The smallest absolute Gasteiger partial charge is 0.335 e. The van der Waals surface area contributed by atoms with Gasteiger partial charge in [0.2, 0.25) is 5.91 Å². The zero-order valence-corrected chi connectivity index (χ0v) is 21.0. The van der Waals surface area contributed by atoms with Crippen LogP contribution in [0.2, 0.25) is 0 Å². The summed E-state index contributed by atoms with van der Waals surface area (Å²) in [6, 6.07) is 6.26. The highest BCUT2D eigenvalue weighted by Crippen LogP contribution is 2.29. The molecule has 2 aliphatic heterocycles. The van der Waals surface area contributed by atoms with Crippen LogP contribution in [-0.4, -0.2) is 71.2 Å². The summed E-state index contributed by atoms with van der Waals surface area (Å²) in [5, 5.41) is 7.77. The fourth-order valence-electron chi connectivity index (χ4n) is 5.78. The number of rotatable bonds is 5. The SMILES string of the molecule is O=C(C1CCN(Cc2ccnnc2)CC1)N1CCC(n2c(=O)n(-c3cnccn3)c3cc(F)ccc32)CC1. The van der Waals surface area contributed by atoms with Gasteiger partial charge in [0.25, 0.3) is 0 Å². The van der Waals surface area contributed by atoms with Crippen LogP contribution in [0.5, 0.6) is 0 Å². The Morgan fingerprint density at radius 3 is 2.45 bits per heavy atom. The normalized spacial score (nSPS) is 17.8. The van der Waals surface area contributed by atoms with E-state index in [4.69, 9.17) is 0 Å². The Hall–Kier alpha value is -3.99. The predicted molar refractivity (Wildman–Crippen MR) is 138 cm³/mol. The van der Waals surface area contributed by atoms with Crippen LogP contribution in [0.15, 0.2) is 60.0 Å². The molecule has 0 N–H and O–H groups in total. The van der Waals surface area contributed by atoms with Gasteiger partial charge in [-0.05, 0) is 62.5 Å².